The summed E-state index contributed by atoms with van der Waals surface area (Å²) in [6, 6.07) is 9.78. The second kappa shape index (κ2) is 7.52. The highest BCUT2D eigenvalue weighted by Gasteiger charge is 2.40. The molecule has 1 unspecified atom stereocenters. The maximum absolute atomic E-state index is 10.7. The zero-order valence-corrected chi connectivity index (χ0v) is 14.6. The van der Waals surface area contributed by atoms with Crippen LogP contribution in [-0.2, 0) is 25.6 Å². The highest BCUT2D eigenvalue weighted by atomic mass is 35.5. The molecule has 0 saturated carbocycles. The van der Waals surface area contributed by atoms with Crippen molar-refractivity contribution in [3.8, 4) is 0 Å². The van der Waals surface area contributed by atoms with Gasteiger partial charge in [0.2, 0.25) is 0 Å². The molecule has 2 heterocycles. The number of hydrogen-bond acceptors (Lipinski definition) is 5. The minimum absolute atomic E-state index is 0.0844. The van der Waals surface area contributed by atoms with Gasteiger partial charge in [0.1, 0.15) is 24.4 Å². The summed E-state index contributed by atoms with van der Waals surface area (Å²) in [6.07, 6.45) is -0.338. The third kappa shape index (κ3) is 4.79. The van der Waals surface area contributed by atoms with Crippen LogP contribution in [0.2, 0.25) is 0 Å². The van der Waals surface area contributed by atoms with Gasteiger partial charge in [-0.2, -0.15) is 0 Å². The van der Waals surface area contributed by atoms with Gasteiger partial charge in [0.25, 0.3) is 0 Å². The molecule has 4 atom stereocenters. The van der Waals surface area contributed by atoms with E-state index in [4.69, 9.17) is 30.5 Å². The molecule has 0 bridgehead atoms. The second-order valence-corrected chi connectivity index (χ2v) is 6.93. The summed E-state index contributed by atoms with van der Waals surface area (Å²) in [5.74, 6) is -0.706. The SMILES string of the molecule is CC1(C)OC[C@H]([C@@H](O)[C@@H](/C=C(\Cl)C2CO2)OCc2ccccc2)O1. The monoisotopic (exact) mass is 354 g/mol. The zero-order chi connectivity index (χ0) is 17.2. The van der Waals surface area contributed by atoms with Gasteiger partial charge < -0.3 is 24.1 Å². The number of epoxide rings is 1. The number of aliphatic hydroxyl groups is 1. The van der Waals surface area contributed by atoms with Crippen molar-refractivity contribution in [1.29, 1.82) is 0 Å². The van der Waals surface area contributed by atoms with Crippen LogP contribution in [0.25, 0.3) is 0 Å². The Morgan fingerprint density at radius 3 is 2.67 bits per heavy atom. The van der Waals surface area contributed by atoms with E-state index in [1.807, 2.05) is 44.2 Å². The molecule has 2 aliphatic rings. The van der Waals surface area contributed by atoms with E-state index in [-0.39, 0.29) is 6.10 Å². The quantitative estimate of drug-likeness (QED) is 0.763. The van der Waals surface area contributed by atoms with E-state index in [1.165, 1.54) is 0 Å². The van der Waals surface area contributed by atoms with E-state index in [0.717, 1.165) is 5.56 Å². The molecular formula is C18H23ClO5. The van der Waals surface area contributed by atoms with E-state index >= 15 is 0 Å². The van der Waals surface area contributed by atoms with Crippen molar-refractivity contribution in [2.75, 3.05) is 13.2 Å². The molecule has 0 amide bonds. The van der Waals surface area contributed by atoms with Crippen molar-refractivity contribution in [2.24, 2.45) is 0 Å². The molecule has 0 aromatic heterocycles. The average Bonchev–Trinajstić information content (AvgIpc) is 3.35. The Morgan fingerprint density at radius 2 is 2.08 bits per heavy atom. The van der Waals surface area contributed by atoms with Gasteiger partial charge in [0.15, 0.2) is 5.79 Å². The van der Waals surface area contributed by atoms with Gasteiger partial charge in [0, 0.05) is 5.03 Å². The van der Waals surface area contributed by atoms with Crippen molar-refractivity contribution < 1.29 is 24.1 Å². The first-order valence-electron chi connectivity index (χ1n) is 8.09. The molecule has 2 fully saturated rings. The van der Waals surface area contributed by atoms with Gasteiger partial charge in [-0.05, 0) is 25.5 Å². The predicted molar refractivity (Wildman–Crippen MR) is 89.6 cm³/mol. The molecule has 1 aromatic carbocycles. The van der Waals surface area contributed by atoms with Crippen LogP contribution in [0.1, 0.15) is 19.4 Å². The van der Waals surface area contributed by atoms with Crippen LogP contribution in [0.4, 0.5) is 0 Å². The molecule has 0 radical (unpaired) electrons. The summed E-state index contributed by atoms with van der Waals surface area (Å²) in [4.78, 5) is 0. The Balaban J connectivity index is 1.68. The number of aliphatic hydroxyl groups excluding tert-OH is 1. The van der Waals surface area contributed by atoms with Gasteiger partial charge in [-0.1, -0.05) is 41.9 Å². The normalized spacial score (nSPS) is 28.6. The largest absolute Gasteiger partial charge is 0.387 e. The lowest BCUT2D eigenvalue weighted by atomic mass is 10.1. The van der Waals surface area contributed by atoms with E-state index in [1.54, 1.807) is 6.08 Å². The van der Waals surface area contributed by atoms with Crippen LogP contribution >= 0.6 is 11.6 Å². The van der Waals surface area contributed by atoms with E-state index in [9.17, 15) is 5.11 Å². The predicted octanol–water partition coefficient (Wildman–Crippen LogP) is 2.61. The first kappa shape index (κ1) is 17.9. The Labute approximate surface area is 147 Å². The topological polar surface area (TPSA) is 60.5 Å². The summed E-state index contributed by atoms with van der Waals surface area (Å²) in [5.41, 5.74) is 1.02. The molecule has 132 valence electrons. The minimum Gasteiger partial charge on any atom is -0.387 e. The lowest BCUT2D eigenvalue weighted by Gasteiger charge is -2.26. The molecule has 1 aromatic rings. The highest BCUT2D eigenvalue weighted by molar-refractivity contribution is 6.30. The van der Waals surface area contributed by atoms with Gasteiger partial charge in [0.05, 0.1) is 19.8 Å². The summed E-state index contributed by atoms with van der Waals surface area (Å²) >= 11 is 6.23. The maximum Gasteiger partial charge on any atom is 0.163 e. The summed E-state index contributed by atoms with van der Waals surface area (Å²) < 4.78 is 22.4. The molecule has 6 heteroatoms. The fourth-order valence-corrected chi connectivity index (χ4v) is 2.83. The number of benzene rings is 1. The molecule has 2 aliphatic heterocycles. The molecule has 1 N–H and O–H groups in total. The number of halogens is 1. The smallest absolute Gasteiger partial charge is 0.163 e. The first-order valence-corrected chi connectivity index (χ1v) is 8.46. The Kier molecular flexibility index (Phi) is 5.59. The van der Waals surface area contributed by atoms with Gasteiger partial charge in [-0.25, -0.2) is 0 Å². The van der Waals surface area contributed by atoms with E-state index in [0.29, 0.717) is 24.9 Å². The maximum atomic E-state index is 10.7. The average molecular weight is 355 g/mol. The number of ether oxygens (including phenoxy) is 4. The van der Waals surface area contributed by atoms with Crippen LogP contribution in [0.5, 0.6) is 0 Å². The Bertz CT molecular complexity index is 570. The molecule has 0 spiro atoms. The fourth-order valence-electron chi connectivity index (χ4n) is 2.58. The van der Waals surface area contributed by atoms with Crippen LogP contribution in [0.15, 0.2) is 41.4 Å². The van der Waals surface area contributed by atoms with Crippen molar-refractivity contribution in [2.45, 2.75) is 50.7 Å². The standard InChI is InChI=1S/C18H23ClO5/c1-18(2)23-11-16(24-18)17(20)14(8-13(19)15-10-22-15)21-9-12-6-4-3-5-7-12/h3-8,14-17,20H,9-11H2,1-2H3/b13-8-/t14-,15?,16-,17+/m1/s1. The second-order valence-electron chi connectivity index (χ2n) is 6.49. The van der Waals surface area contributed by atoms with Crippen LogP contribution < -0.4 is 0 Å². The first-order chi connectivity index (χ1) is 11.4. The Hall–Kier alpha value is -0.950. The van der Waals surface area contributed by atoms with Crippen molar-refractivity contribution in [3.05, 3.63) is 47.0 Å². The molecule has 5 nitrogen and oxygen atoms in total. The number of hydrogen-bond donors (Lipinski definition) is 1. The van der Waals surface area contributed by atoms with Crippen LogP contribution in [0, 0.1) is 0 Å². The van der Waals surface area contributed by atoms with Crippen LogP contribution in [0.3, 0.4) is 0 Å². The van der Waals surface area contributed by atoms with E-state index < -0.39 is 24.1 Å². The lowest BCUT2D eigenvalue weighted by Crippen LogP contribution is -2.40. The van der Waals surface area contributed by atoms with Crippen molar-refractivity contribution in [1.82, 2.24) is 0 Å². The Morgan fingerprint density at radius 1 is 1.38 bits per heavy atom. The van der Waals surface area contributed by atoms with Crippen LogP contribution in [-0.4, -0.2) is 48.5 Å². The van der Waals surface area contributed by atoms with Crippen molar-refractivity contribution in [3.63, 3.8) is 0 Å². The molecule has 0 aliphatic carbocycles. The molecule has 2 saturated heterocycles. The summed E-state index contributed by atoms with van der Waals surface area (Å²) in [7, 11) is 0. The van der Waals surface area contributed by atoms with Gasteiger partial charge in [-0.3, -0.25) is 0 Å². The molecule has 3 rings (SSSR count). The zero-order valence-electron chi connectivity index (χ0n) is 13.9. The fraction of sp³-hybridized carbons (Fsp3) is 0.556. The lowest BCUT2D eigenvalue weighted by molar-refractivity contribution is -0.161. The summed E-state index contributed by atoms with van der Waals surface area (Å²) in [5, 5.41) is 11.2. The number of rotatable bonds is 7. The third-order valence-electron chi connectivity index (χ3n) is 4.00. The minimum atomic E-state index is -0.886. The van der Waals surface area contributed by atoms with Crippen molar-refractivity contribution >= 4 is 11.6 Å². The third-order valence-corrected chi connectivity index (χ3v) is 4.37. The molecule has 24 heavy (non-hydrogen) atoms. The van der Waals surface area contributed by atoms with E-state index in [2.05, 4.69) is 0 Å². The molecular weight excluding hydrogens is 332 g/mol. The highest BCUT2D eigenvalue weighted by Crippen LogP contribution is 2.29. The van der Waals surface area contributed by atoms with Gasteiger partial charge >= 0.3 is 0 Å². The van der Waals surface area contributed by atoms with Gasteiger partial charge in [-0.15, -0.1) is 0 Å². The summed E-state index contributed by atoms with van der Waals surface area (Å²) in [6.45, 7) is 4.92.